The minimum Gasteiger partial charge on any atom is -0.495 e. The molecule has 20 heavy (non-hydrogen) atoms. The van der Waals surface area contributed by atoms with Crippen molar-refractivity contribution in [2.75, 3.05) is 25.5 Å². The summed E-state index contributed by atoms with van der Waals surface area (Å²) in [6.07, 6.45) is 0. The van der Waals surface area contributed by atoms with E-state index in [2.05, 4.69) is 10.6 Å². The summed E-state index contributed by atoms with van der Waals surface area (Å²) < 4.78 is 5.11. The van der Waals surface area contributed by atoms with Crippen molar-refractivity contribution in [3.8, 4) is 5.75 Å². The van der Waals surface area contributed by atoms with Crippen molar-refractivity contribution in [2.45, 2.75) is 6.92 Å². The molecule has 1 aliphatic rings. The lowest BCUT2D eigenvalue weighted by atomic mass is 9.88. The predicted octanol–water partition coefficient (Wildman–Crippen LogP) is 1.40. The Morgan fingerprint density at radius 3 is 2.75 bits per heavy atom. The molecule has 7 nitrogen and oxygen atoms in total. The van der Waals surface area contributed by atoms with E-state index in [1.165, 1.54) is 25.3 Å². The Kier molecular flexibility index (Phi) is 4.19. The third kappa shape index (κ3) is 2.88. The summed E-state index contributed by atoms with van der Waals surface area (Å²) >= 11 is 0. The van der Waals surface area contributed by atoms with Crippen molar-refractivity contribution in [2.24, 2.45) is 11.8 Å². The Morgan fingerprint density at radius 2 is 2.25 bits per heavy atom. The van der Waals surface area contributed by atoms with Gasteiger partial charge in [-0.15, -0.1) is 0 Å². The molecule has 0 aromatic heterocycles. The number of methoxy groups -OCH3 is 1. The summed E-state index contributed by atoms with van der Waals surface area (Å²) in [6, 6.07) is 4.12. The van der Waals surface area contributed by atoms with Crippen LogP contribution in [0.1, 0.15) is 6.92 Å². The summed E-state index contributed by atoms with van der Waals surface area (Å²) in [5, 5.41) is 16.6. The van der Waals surface area contributed by atoms with Crippen molar-refractivity contribution in [1.29, 1.82) is 0 Å². The van der Waals surface area contributed by atoms with Crippen LogP contribution < -0.4 is 15.4 Å². The van der Waals surface area contributed by atoms with Gasteiger partial charge in [-0.2, -0.15) is 0 Å². The first-order valence-electron chi connectivity index (χ1n) is 6.37. The number of rotatable bonds is 5. The quantitative estimate of drug-likeness (QED) is 0.627. The molecule has 0 spiro atoms. The molecule has 1 amide bonds. The molecule has 1 atom stereocenters. The summed E-state index contributed by atoms with van der Waals surface area (Å²) in [4.78, 5) is 22.4. The van der Waals surface area contributed by atoms with Gasteiger partial charge in [-0.25, -0.2) is 0 Å². The lowest BCUT2D eigenvalue weighted by Gasteiger charge is -2.31. The van der Waals surface area contributed by atoms with E-state index in [1.807, 2.05) is 6.92 Å². The Bertz CT molecular complexity index is 528. The highest BCUT2D eigenvalue weighted by Crippen LogP contribution is 2.30. The lowest BCUT2D eigenvalue weighted by Crippen LogP contribution is -2.48. The number of nitrogens with one attached hydrogen (secondary N) is 2. The molecule has 0 aliphatic carbocycles. The Hall–Kier alpha value is -2.15. The largest absolute Gasteiger partial charge is 0.495 e. The van der Waals surface area contributed by atoms with Crippen molar-refractivity contribution >= 4 is 17.3 Å². The van der Waals surface area contributed by atoms with Crippen LogP contribution in [0.15, 0.2) is 18.2 Å². The maximum Gasteiger partial charge on any atom is 0.271 e. The van der Waals surface area contributed by atoms with Crippen LogP contribution in [-0.4, -0.2) is 31.0 Å². The number of anilines is 1. The van der Waals surface area contributed by atoms with Gasteiger partial charge >= 0.3 is 0 Å². The highest BCUT2D eigenvalue weighted by atomic mass is 16.6. The third-order valence-electron chi connectivity index (χ3n) is 3.59. The van der Waals surface area contributed by atoms with Gasteiger partial charge in [0.15, 0.2) is 0 Å². The van der Waals surface area contributed by atoms with E-state index >= 15 is 0 Å². The number of carbonyl (C=O) groups is 1. The second-order valence-corrected chi connectivity index (χ2v) is 4.84. The maximum atomic E-state index is 12.1. The topological polar surface area (TPSA) is 93.5 Å². The van der Waals surface area contributed by atoms with Gasteiger partial charge in [-0.05, 0) is 25.1 Å². The van der Waals surface area contributed by atoms with E-state index in [1.54, 1.807) is 0 Å². The maximum absolute atomic E-state index is 12.1. The fourth-order valence-electron chi connectivity index (χ4n) is 2.03. The van der Waals surface area contributed by atoms with E-state index < -0.39 is 4.92 Å². The van der Waals surface area contributed by atoms with Crippen molar-refractivity contribution < 1.29 is 14.5 Å². The first-order valence-corrected chi connectivity index (χ1v) is 6.37. The van der Waals surface area contributed by atoms with Gasteiger partial charge in [0.25, 0.3) is 5.69 Å². The van der Waals surface area contributed by atoms with E-state index in [4.69, 9.17) is 4.74 Å². The molecule has 2 rings (SSSR count). The van der Waals surface area contributed by atoms with Crippen molar-refractivity contribution in [3.63, 3.8) is 0 Å². The number of nitro groups is 1. The summed E-state index contributed by atoms with van der Waals surface area (Å²) in [7, 11) is 1.45. The molecule has 108 valence electrons. The molecule has 0 saturated carbocycles. The fourth-order valence-corrected chi connectivity index (χ4v) is 2.03. The third-order valence-corrected chi connectivity index (χ3v) is 3.59. The number of carbonyl (C=O) groups excluding carboxylic acids is 1. The Labute approximate surface area is 116 Å². The van der Waals surface area contributed by atoms with Crippen LogP contribution in [0.25, 0.3) is 0 Å². The standard InChI is InChI=1S/C13H17N3O4/c1-8(9-6-14-7-9)13(17)15-11-5-10(16(18)19)3-4-12(11)20-2/h3-5,8-9,14H,6-7H2,1-2H3,(H,15,17). The van der Waals surface area contributed by atoms with E-state index in [0.717, 1.165) is 13.1 Å². The van der Waals surface area contributed by atoms with Crippen LogP contribution in [-0.2, 0) is 4.79 Å². The summed E-state index contributed by atoms with van der Waals surface area (Å²) in [5.41, 5.74) is 0.241. The van der Waals surface area contributed by atoms with Gasteiger partial charge in [0, 0.05) is 18.1 Å². The lowest BCUT2D eigenvalue weighted by molar-refractivity contribution is -0.384. The van der Waals surface area contributed by atoms with E-state index in [-0.39, 0.29) is 17.5 Å². The highest BCUT2D eigenvalue weighted by Gasteiger charge is 2.29. The zero-order valence-corrected chi connectivity index (χ0v) is 11.4. The highest BCUT2D eigenvalue weighted by molar-refractivity contribution is 5.94. The monoisotopic (exact) mass is 279 g/mol. The molecule has 1 saturated heterocycles. The fraction of sp³-hybridized carbons (Fsp3) is 0.462. The van der Waals surface area contributed by atoms with Crippen LogP contribution in [0.3, 0.4) is 0 Å². The van der Waals surface area contributed by atoms with Gasteiger partial charge < -0.3 is 15.4 Å². The van der Waals surface area contributed by atoms with Crippen molar-refractivity contribution in [1.82, 2.24) is 5.32 Å². The van der Waals surface area contributed by atoms with Gasteiger partial charge in [-0.3, -0.25) is 14.9 Å². The zero-order chi connectivity index (χ0) is 14.7. The van der Waals surface area contributed by atoms with Crippen LogP contribution in [0, 0.1) is 22.0 Å². The van der Waals surface area contributed by atoms with Gasteiger partial charge in [0.1, 0.15) is 5.75 Å². The Balaban J connectivity index is 2.15. The minimum absolute atomic E-state index is 0.0842. The molecule has 1 heterocycles. The summed E-state index contributed by atoms with van der Waals surface area (Å²) in [6.45, 7) is 3.49. The van der Waals surface area contributed by atoms with Crippen LogP contribution in [0.2, 0.25) is 0 Å². The zero-order valence-electron chi connectivity index (χ0n) is 11.4. The molecule has 1 fully saturated rings. The number of benzene rings is 1. The molecule has 1 aromatic rings. The van der Waals surface area contributed by atoms with Crippen LogP contribution in [0.4, 0.5) is 11.4 Å². The molecular formula is C13H17N3O4. The molecule has 1 aliphatic heterocycles. The molecule has 0 bridgehead atoms. The van der Waals surface area contributed by atoms with Gasteiger partial charge in [0.2, 0.25) is 5.91 Å². The van der Waals surface area contributed by atoms with Crippen molar-refractivity contribution in [3.05, 3.63) is 28.3 Å². The average molecular weight is 279 g/mol. The minimum atomic E-state index is -0.506. The number of non-ortho nitro benzene ring substituents is 1. The second-order valence-electron chi connectivity index (χ2n) is 4.84. The first kappa shape index (κ1) is 14.3. The molecule has 7 heteroatoms. The van der Waals surface area contributed by atoms with Gasteiger partial charge in [0.05, 0.1) is 17.7 Å². The normalized spacial score (nSPS) is 16.1. The SMILES string of the molecule is COc1ccc([N+](=O)[O-])cc1NC(=O)C(C)C1CNC1. The summed E-state index contributed by atoms with van der Waals surface area (Å²) in [5.74, 6) is 0.401. The van der Waals surface area contributed by atoms with E-state index in [0.29, 0.717) is 17.4 Å². The molecule has 0 radical (unpaired) electrons. The number of hydrogen-bond donors (Lipinski definition) is 2. The smallest absolute Gasteiger partial charge is 0.271 e. The average Bonchev–Trinajstić information content (AvgIpc) is 2.36. The first-order chi connectivity index (χ1) is 9.52. The number of amides is 1. The van der Waals surface area contributed by atoms with E-state index in [9.17, 15) is 14.9 Å². The Morgan fingerprint density at radius 1 is 1.55 bits per heavy atom. The number of ether oxygens (including phenoxy) is 1. The molecule has 1 aromatic carbocycles. The van der Waals surface area contributed by atoms with Crippen LogP contribution >= 0.6 is 0 Å². The molecular weight excluding hydrogens is 262 g/mol. The molecule has 1 unspecified atom stereocenters. The van der Waals surface area contributed by atoms with Gasteiger partial charge in [-0.1, -0.05) is 6.92 Å². The van der Waals surface area contributed by atoms with Crippen LogP contribution in [0.5, 0.6) is 5.75 Å². The molecule has 2 N–H and O–H groups in total. The second kappa shape index (κ2) is 5.87. The number of nitrogens with zero attached hydrogens (tertiary/aromatic N) is 1. The predicted molar refractivity (Wildman–Crippen MR) is 73.8 cm³/mol. The number of nitro benzene ring substituents is 1. The number of hydrogen-bond acceptors (Lipinski definition) is 5.